The van der Waals surface area contributed by atoms with Gasteiger partial charge in [0, 0.05) is 28.0 Å². The second-order valence-electron chi connectivity index (χ2n) is 3.55. The third-order valence-corrected chi connectivity index (χ3v) is 3.22. The fourth-order valence-electron chi connectivity index (χ4n) is 1.74. The van der Waals surface area contributed by atoms with E-state index in [0.717, 1.165) is 20.9 Å². The minimum Gasteiger partial charge on any atom is -0.469 e. The lowest BCUT2D eigenvalue weighted by Gasteiger charge is -2.00. The number of hydrogen-bond acceptors (Lipinski definition) is 2. The standard InChI is InChI=1S/C12H12BrNO2/c1-16-11(15)6-5-8-7-14-10-4-2-3-9(13)12(8)10/h2-4,7,14H,5-6H2,1H3. The van der Waals surface area contributed by atoms with E-state index in [4.69, 9.17) is 0 Å². The fraction of sp³-hybridized carbons (Fsp3) is 0.250. The van der Waals surface area contributed by atoms with E-state index >= 15 is 0 Å². The van der Waals surface area contributed by atoms with Crippen LogP contribution >= 0.6 is 15.9 Å². The van der Waals surface area contributed by atoms with Crippen molar-refractivity contribution in [2.75, 3.05) is 7.11 Å². The first-order chi connectivity index (χ1) is 7.72. The second-order valence-corrected chi connectivity index (χ2v) is 4.41. The van der Waals surface area contributed by atoms with Crippen LogP contribution in [-0.2, 0) is 16.0 Å². The van der Waals surface area contributed by atoms with Crippen molar-refractivity contribution in [2.45, 2.75) is 12.8 Å². The summed E-state index contributed by atoms with van der Waals surface area (Å²) in [5.74, 6) is -0.179. The SMILES string of the molecule is COC(=O)CCc1c[nH]c2cccc(Br)c12. The number of aryl methyl sites for hydroxylation is 1. The highest BCUT2D eigenvalue weighted by Gasteiger charge is 2.08. The first kappa shape index (κ1) is 11.2. The van der Waals surface area contributed by atoms with Crippen LogP contribution < -0.4 is 0 Å². The predicted molar refractivity (Wildman–Crippen MR) is 66.3 cm³/mol. The van der Waals surface area contributed by atoms with Crippen LogP contribution in [0.3, 0.4) is 0 Å². The molecule has 0 unspecified atom stereocenters. The summed E-state index contributed by atoms with van der Waals surface area (Å²) in [7, 11) is 1.41. The van der Waals surface area contributed by atoms with Gasteiger partial charge in [-0.3, -0.25) is 4.79 Å². The van der Waals surface area contributed by atoms with Crippen molar-refractivity contribution in [1.29, 1.82) is 0 Å². The number of nitrogens with one attached hydrogen (secondary N) is 1. The van der Waals surface area contributed by atoms with Gasteiger partial charge in [0.15, 0.2) is 0 Å². The molecule has 1 heterocycles. The molecule has 0 saturated heterocycles. The molecule has 0 saturated carbocycles. The Morgan fingerprint density at radius 1 is 1.50 bits per heavy atom. The van der Waals surface area contributed by atoms with Gasteiger partial charge in [0.25, 0.3) is 0 Å². The minimum atomic E-state index is -0.179. The van der Waals surface area contributed by atoms with Crippen LogP contribution in [0.25, 0.3) is 10.9 Å². The molecular formula is C12H12BrNO2. The summed E-state index contributed by atoms with van der Waals surface area (Å²) in [6, 6.07) is 5.99. The monoisotopic (exact) mass is 281 g/mol. The Morgan fingerprint density at radius 2 is 2.31 bits per heavy atom. The molecule has 0 aliphatic heterocycles. The highest BCUT2D eigenvalue weighted by Crippen LogP contribution is 2.27. The maximum absolute atomic E-state index is 11.1. The van der Waals surface area contributed by atoms with Crippen LogP contribution in [0.4, 0.5) is 0 Å². The van der Waals surface area contributed by atoms with E-state index in [2.05, 4.69) is 25.7 Å². The topological polar surface area (TPSA) is 42.1 Å². The van der Waals surface area contributed by atoms with Crippen LogP contribution in [0, 0.1) is 0 Å². The summed E-state index contributed by atoms with van der Waals surface area (Å²) in [5, 5.41) is 1.14. The molecule has 84 valence electrons. The van der Waals surface area contributed by atoms with E-state index in [1.54, 1.807) is 0 Å². The molecule has 0 atom stereocenters. The van der Waals surface area contributed by atoms with Gasteiger partial charge < -0.3 is 9.72 Å². The molecule has 0 amide bonds. The van der Waals surface area contributed by atoms with E-state index in [-0.39, 0.29) is 5.97 Å². The van der Waals surface area contributed by atoms with Crippen molar-refractivity contribution in [2.24, 2.45) is 0 Å². The quantitative estimate of drug-likeness (QED) is 0.879. The number of carbonyl (C=O) groups is 1. The number of halogens is 1. The van der Waals surface area contributed by atoms with Gasteiger partial charge in [-0.1, -0.05) is 22.0 Å². The van der Waals surface area contributed by atoms with Gasteiger partial charge in [-0.15, -0.1) is 0 Å². The molecule has 2 aromatic rings. The molecule has 0 fully saturated rings. The van der Waals surface area contributed by atoms with Gasteiger partial charge in [-0.05, 0) is 24.1 Å². The molecule has 1 N–H and O–H groups in total. The largest absolute Gasteiger partial charge is 0.469 e. The Labute approximate surface area is 102 Å². The summed E-state index contributed by atoms with van der Waals surface area (Å²) in [4.78, 5) is 14.3. The van der Waals surface area contributed by atoms with Gasteiger partial charge in [0.05, 0.1) is 7.11 Å². The van der Waals surface area contributed by atoms with Gasteiger partial charge in [-0.2, -0.15) is 0 Å². The summed E-state index contributed by atoms with van der Waals surface area (Å²) in [6.45, 7) is 0. The number of carbonyl (C=O) groups excluding carboxylic acids is 1. The summed E-state index contributed by atoms with van der Waals surface area (Å²) >= 11 is 3.51. The molecule has 0 aliphatic carbocycles. The first-order valence-electron chi connectivity index (χ1n) is 5.03. The van der Waals surface area contributed by atoms with Gasteiger partial charge in [-0.25, -0.2) is 0 Å². The van der Waals surface area contributed by atoms with Crippen LogP contribution in [0.5, 0.6) is 0 Å². The van der Waals surface area contributed by atoms with Crippen molar-refractivity contribution in [3.63, 3.8) is 0 Å². The van der Waals surface area contributed by atoms with Crippen LogP contribution in [0.2, 0.25) is 0 Å². The maximum atomic E-state index is 11.1. The van der Waals surface area contributed by atoms with Crippen molar-refractivity contribution in [3.8, 4) is 0 Å². The molecule has 0 spiro atoms. The first-order valence-corrected chi connectivity index (χ1v) is 5.83. The van der Waals surface area contributed by atoms with Gasteiger partial charge in [0.2, 0.25) is 0 Å². The Kier molecular flexibility index (Phi) is 3.29. The summed E-state index contributed by atoms with van der Waals surface area (Å²) in [5.41, 5.74) is 2.21. The smallest absolute Gasteiger partial charge is 0.305 e. The number of hydrogen-bond donors (Lipinski definition) is 1. The zero-order valence-corrected chi connectivity index (χ0v) is 10.5. The number of ether oxygens (including phenoxy) is 1. The Bertz CT molecular complexity index is 519. The molecule has 0 aliphatic rings. The number of rotatable bonds is 3. The van der Waals surface area contributed by atoms with E-state index in [1.165, 1.54) is 7.11 Å². The van der Waals surface area contributed by atoms with E-state index < -0.39 is 0 Å². The number of fused-ring (bicyclic) bond motifs is 1. The average Bonchev–Trinajstić information content (AvgIpc) is 2.70. The molecule has 0 bridgehead atoms. The number of benzene rings is 1. The number of esters is 1. The van der Waals surface area contributed by atoms with Crippen molar-refractivity contribution in [3.05, 3.63) is 34.4 Å². The summed E-state index contributed by atoms with van der Waals surface area (Å²) in [6.07, 6.45) is 3.04. The number of H-pyrrole nitrogens is 1. The van der Waals surface area contributed by atoms with Crippen LogP contribution in [-0.4, -0.2) is 18.1 Å². The molecule has 4 heteroatoms. The molecule has 0 radical (unpaired) electrons. The van der Waals surface area contributed by atoms with E-state index in [9.17, 15) is 4.79 Å². The van der Waals surface area contributed by atoms with Crippen molar-refractivity contribution in [1.82, 2.24) is 4.98 Å². The van der Waals surface area contributed by atoms with Gasteiger partial charge in [0.1, 0.15) is 0 Å². The third kappa shape index (κ3) is 2.11. The highest BCUT2D eigenvalue weighted by atomic mass is 79.9. The Hall–Kier alpha value is -1.29. The molecule has 2 rings (SSSR count). The van der Waals surface area contributed by atoms with E-state index in [0.29, 0.717) is 12.8 Å². The third-order valence-electron chi connectivity index (χ3n) is 2.56. The lowest BCUT2D eigenvalue weighted by molar-refractivity contribution is -0.140. The average molecular weight is 282 g/mol. The molecular weight excluding hydrogens is 270 g/mol. The number of aromatic amines is 1. The zero-order chi connectivity index (χ0) is 11.5. The fourth-order valence-corrected chi connectivity index (χ4v) is 2.36. The number of aromatic nitrogens is 1. The van der Waals surface area contributed by atoms with Crippen molar-refractivity contribution < 1.29 is 9.53 Å². The Balaban J connectivity index is 2.28. The normalized spacial score (nSPS) is 10.6. The zero-order valence-electron chi connectivity index (χ0n) is 8.92. The summed E-state index contributed by atoms with van der Waals surface area (Å²) < 4.78 is 5.68. The molecule has 1 aromatic heterocycles. The molecule has 3 nitrogen and oxygen atoms in total. The second kappa shape index (κ2) is 4.70. The lowest BCUT2D eigenvalue weighted by atomic mass is 10.1. The molecule has 1 aromatic carbocycles. The Morgan fingerprint density at radius 3 is 3.06 bits per heavy atom. The lowest BCUT2D eigenvalue weighted by Crippen LogP contribution is -2.01. The van der Waals surface area contributed by atoms with E-state index in [1.807, 2.05) is 24.4 Å². The maximum Gasteiger partial charge on any atom is 0.305 e. The van der Waals surface area contributed by atoms with Crippen molar-refractivity contribution >= 4 is 32.8 Å². The highest BCUT2D eigenvalue weighted by molar-refractivity contribution is 9.10. The van der Waals surface area contributed by atoms with Gasteiger partial charge >= 0.3 is 5.97 Å². The predicted octanol–water partition coefficient (Wildman–Crippen LogP) is 3.04. The van der Waals surface area contributed by atoms with Crippen LogP contribution in [0.15, 0.2) is 28.9 Å². The number of methoxy groups -OCH3 is 1. The van der Waals surface area contributed by atoms with Crippen LogP contribution in [0.1, 0.15) is 12.0 Å². The molecule has 16 heavy (non-hydrogen) atoms. The minimum absolute atomic E-state index is 0.179.